The zero-order chi connectivity index (χ0) is 35.1. The first-order valence-electron chi connectivity index (χ1n) is 15.2. The molecule has 258 valence electrons. The summed E-state index contributed by atoms with van der Waals surface area (Å²) < 4.78 is 41.2. The van der Waals surface area contributed by atoms with Crippen LogP contribution in [0.3, 0.4) is 0 Å². The molecule has 0 saturated heterocycles. The SMILES string of the molecule is CC(C)CN(C(Cc1ccccc1)C(O)CNC(=O)OCc1cncs1)S(=O)(=O)c1ccc2nc(N(C)C(=O)c3ccnc(Cl)c3)oc2c1. The van der Waals surface area contributed by atoms with Crippen LogP contribution >= 0.6 is 22.9 Å². The summed E-state index contributed by atoms with van der Waals surface area (Å²) in [6.07, 6.45) is 1.08. The number of alkyl carbamates (subject to hydrolysis) is 1. The van der Waals surface area contributed by atoms with E-state index in [1.54, 1.807) is 11.7 Å². The van der Waals surface area contributed by atoms with E-state index in [1.165, 1.54) is 64.1 Å². The molecular weight excluding hydrogens is 692 g/mol. The van der Waals surface area contributed by atoms with Gasteiger partial charge in [0.2, 0.25) is 10.0 Å². The highest BCUT2D eigenvalue weighted by Gasteiger charge is 2.37. The molecule has 0 aliphatic rings. The van der Waals surface area contributed by atoms with Gasteiger partial charge in [-0.15, -0.1) is 11.3 Å². The molecule has 0 saturated carbocycles. The van der Waals surface area contributed by atoms with Gasteiger partial charge in [-0.05, 0) is 42.2 Å². The lowest BCUT2D eigenvalue weighted by molar-refractivity contribution is 0.0786. The van der Waals surface area contributed by atoms with Crippen LogP contribution in [0.1, 0.15) is 34.6 Å². The van der Waals surface area contributed by atoms with Gasteiger partial charge >= 0.3 is 12.1 Å². The first-order chi connectivity index (χ1) is 23.4. The number of fused-ring (bicyclic) bond motifs is 1. The highest BCUT2D eigenvalue weighted by Crippen LogP contribution is 2.29. The maximum Gasteiger partial charge on any atom is 0.407 e. The lowest BCUT2D eigenvalue weighted by Crippen LogP contribution is -2.52. The van der Waals surface area contributed by atoms with Crippen molar-refractivity contribution in [2.75, 3.05) is 25.0 Å². The Hall–Kier alpha value is -4.41. The van der Waals surface area contributed by atoms with Gasteiger partial charge in [-0.3, -0.25) is 14.7 Å². The first-order valence-corrected chi connectivity index (χ1v) is 17.9. The molecule has 0 aliphatic carbocycles. The number of ether oxygens (including phenoxy) is 1. The monoisotopic (exact) mass is 726 g/mol. The third-order valence-corrected chi connectivity index (χ3v) is 10.3. The molecule has 2 unspecified atom stereocenters. The molecule has 0 bridgehead atoms. The number of amides is 2. The summed E-state index contributed by atoms with van der Waals surface area (Å²) in [7, 11) is -2.80. The quantitative estimate of drug-likeness (QED) is 0.146. The minimum atomic E-state index is -4.27. The predicted molar refractivity (Wildman–Crippen MR) is 185 cm³/mol. The smallest absolute Gasteiger partial charge is 0.407 e. The van der Waals surface area contributed by atoms with E-state index in [2.05, 4.69) is 20.3 Å². The molecule has 3 aromatic heterocycles. The van der Waals surface area contributed by atoms with E-state index in [0.29, 0.717) is 5.52 Å². The van der Waals surface area contributed by atoms with Crippen LogP contribution in [-0.4, -0.2) is 77.1 Å². The molecule has 16 heteroatoms. The Morgan fingerprint density at radius 2 is 1.90 bits per heavy atom. The Balaban J connectivity index is 1.42. The average molecular weight is 727 g/mol. The van der Waals surface area contributed by atoms with Gasteiger partial charge in [0.25, 0.3) is 5.91 Å². The standard InChI is InChI=1S/C33H35ClN6O7S2/c1-21(2)18-40(27(13-22-7-5-4-6-8-22)28(41)17-37-33(43)46-19-24-16-35-20-48-24)49(44,45)25-9-10-26-29(15-25)47-32(38-26)39(3)31(42)23-11-12-36-30(34)14-23/h4-12,14-16,20-21,27-28,41H,13,17-19H2,1-3H3,(H,37,43). The van der Waals surface area contributed by atoms with Gasteiger partial charge in [0.05, 0.1) is 27.4 Å². The molecule has 0 radical (unpaired) electrons. The van der Waals surface area contributed by atoms with Crippen molar-refractivity contribution in [1.29, 1.82) is 0 Å². The van der Waals surface area contributed by atoms with Crippen LogP contribution < -0.4 is 10.2 Å². The maximum absolute atomic E-state index is 14.4. The van der Waals surface area contributed by atoms with Crippen LogP contribution in [0.25, 0.3) is 11.1 Å². The number of anilines is 1. The number of halogens is 1. The van der Waals surface area contributed by atoms with Gasteiger partial charge < -0.3 is 19.6 Å². The number of aliphatic hydroxyl groups excluding tert-OH is 1. The first kappa shape index (κ1) is 35.9. The summed E-state index contributed by atoms with van der Waals surface area (Å²) in [6.45, 7) is 3.56. The Morgan fingerprint density at radius 3 is 2.59 bits per heavy atom. The number of pyridine rings is 1. The Bertz CT molecular complexity index is 1990. The second-order valence-electron chi connectivity index (χ2n) is 11.6. The summed E-state index contributed by atoms with van der Waals surface area (Å²) in [4.78, 5) is 39.6. The van der Waals surface area contributed by atoms with Gasteiger partial charge in [0.15, 0.2) is 5.58 Å². The number of thiazole rings is 1. The summed E-state index contributed by atoms with van der Waals surface area (Å²) in [5, 5.41) is 14.2. The number of oxazole rings is 1. The number of carbonyl (C=O) groups is 2. The Kier molecular flexibility index (Phi) is 11.6. The fraction of sp³-hybridized carbons (Fsp3) is 0.303. The topological polar surface area (TPSA) is 168 Å². The summed E-state index contributed by atoms with van der Waals surface area (Å²) in [6, 6.07) is 15.3. The fourth-order valence-corrected chi connectivity index (χ4v) is 7.54. The van der Waals surface area contributed by atoms with Gasteiger partial charge in [0, 0.05) is 44.2 Å². The molecular formula is C33H35ClN6O7S2. The molecule has 2 aromatic carbocycles. The minimum absolute atomic E-state index is 0.0156. The van der Waals surface area contributed by atoms with Crippen LogP contribution in [0.5, 0.6) is 0 Å². The van der Waals surface area contributed by atoms with E-state index in [9.17, 15) is 23.1 Å². The second-order valence-corrected chi connectivity index (χ2v) is 14.8. The summed E-state index contributed by atoms with van der Waals surface area (Å²) in [5.41, 5.74) is 3.15. The molecule has 49 heavy (non-hydrogen) atoms. The number of benzene rings is 2. The zero-order valence-electron chi connectivity index (χ0n) is 26.9. The van der Waals surface area contributed by atoms with Crippen molar-refractivity contribution in [2.45, 2.75) is 43.9 Å². The fourth-order valence-electron chi connectivity index (χ4n) is 5.03. The van der Waals surface area contributed by atoms with Crippen LogP contribution in [0, 0.1) is 5.92 Å². The summed E-state index contributed by atoms with van der Waals surface area (Å²) >= 11 is 7.28. The minimum Gasteiger partial charge on any atom is -0.444 e. The Morgan fingerprint density at radius 1 is 1.12 bits per heavy atom. The average Bonchev–Trinajstić information content (AvgIpc) is 3.77. The molecule has 5 rings (SSSR count). The highest BCUT2D eigenvalue weighted by atomic mass is 35.5. The number of aromatic nitrogens is 3. The molecule has 0 aliphatic heterocycles. The number of sulfonamides is 1. The maximum atomic E-state index is 14.4. The number of nitrogens with one attached hydrogen (secondary N) is 1. The van der Waals surface area contributed by atoms with Crippen molar-refractivity contribution in [3.8, 4) is 0 Å². The third kappa shape index (κ3) is 8.99. The lowest BCUT2D eigenvalue weighted by Gasteiger charge is -2.35. The van der Waals surface area contributed by atoms with Crippen molar-refractivity contribution < 1.29 is 32.3 Å². The number of nitrogens with zero attached hydrogens (tertiary/aromatic N) is 5. The molecule has 2 N–H and O–H groups in total. The summed E-state index contributed by atoms with van der Waals surface area (Å²) in [5.74, 6) is -0.579. The van der Waals surface area contributed by atoms with Gasteiger partial charge in [-0.1, -0.05) is 55.8 Å². The normalized spacial score (nSPS) is 13.0. The van der Waals surface area contributed by atoms with Crippen molar-refractivity contribution in [3.05, 3.63) is 99.7 Å². The van der Waals surface area contributed by atoms with Crippen molar-refractivity contribution in [1.82, 2.24) is 24.6 Å². The van der Waals surface area contributed by atoms with Crippen molar-refractivity contribution >= 4 is 62.1 Å². The van der Waals surface area contributed by atoms with Crippen molar-refractivity contribution in [3.63, 3.8) is 0 Å². The predicted octanol–water partition coefficient (Wildman–Crippen LogP) is 5.15. The number of aliphatic hydroxyl groups is 1. The highest BCUT2D eigenvalue weighted by molar-refractivity contribution is 7.89. The molecule has 13 nitrogen and oxygen atoms in total. The zero-order valence-corrected chi connectivity index (χ0v) is 29.3. The van der Waals surface area contributed by atoms with E-state index in [-0.39, 0.29) is 59.2 Å². The van der Waals surface area contributed by atoms with Crippen LogP contribution in [0.4, 0.5) is 10.8 Å². The van der Waals surface area contributed by atoms with E-state index >= 15 is 0 Å². The van der Waals surface area contributed by atoms with Crippen LogP contribution in [0.2, 0.25) is 5.15 Å². The number of rotatable bonds is 14. The molecule has 2 atom stereocenters. The molecule has 0 spiro atoms. The largest absolute Gasteiger partial charge is 0.444 e. The van der Waals surface area contributed by atoms with Crippen molar-refractivity contribution in [2.24, 2.45) is 5.92 Å². The second kappa shape index (κ2) is 15.9. The molecule has 3 heterocycles. The van der Waals surface area contributed by atoms with E-state index in [0.717, 1.165) is 10.4 Å². The van der Waals surface area contributed by atoms with Gasteiger partial charge in [0.1, 0.15) is 17.3 Å². The van der Waals surface area contributed by atoms with Crippen LogP contribution in [-0.2, 0) is 27.8 Å². The molecule has 2 amide bonds. The molecule has 5 aromatic rings. The van der Waals surface area contributed by atoms with Gasteiger partial charge in [-0.2, -0.15) is 9.29 Å². The number of carbonyl (C=O) groups excluding carboxylic acids is 2. The molecule has 0 fully saturated rings. The van der Waals surface area contributed by atoms with E-state index < -0.39 is 34.2 Å². The number of hydrogen-bond acceptors (Lipinski definition) is 11. The Labute approximate surface area is 292 Å². The van der Waals surface area contributed by atoms with E-state index in [1.807, 2.05) is 44.2 Å². The van der Waals surface area contributed by atoms with Gasteiger partial charge in [-0.25, -0.2) is 18.2 Å². The number of hydrogen-bond donors (Lipinski definition) is 2. The third-order valence-electron chi connectivity index (χ3n) is 7.45. The lowest BCUT2D eigenvalue weighted by atomic mass is 10.0. The van der Waals surface area contributed by atoms with E-state index in [4.69, 9.17) is 20.8 Å². The van der Waals surface area contributed by atoms with Crippen LogP contribution in [0.15, 0.2) is 87.9 Å².